The molecule has 0 fully saturated rings. The number of nitrogens with zero attached hydrogens (tertiary/aromatic N) is 1. The lowest BCUT2D eigenvalue weighted by Gasteiger charge is -2.09. The third-order valence-electron chi connectivity index (χ3n) is 4.81. The standard InChI is InChI=1S/C24H21N3O5/c1-15-21(16(2)32-27-15)14-31-20-6-3-5-17(13-20)23(28)25-18-8-10-19(11-9-18)26-24(29)22-7-4-12-30-22/h3-13H,14H2,1-2H3,(H,25,28)(H,26,29). The molecule has 2 amide bonds. The van der Waals surface area contributed by atoms with Gasteiger partial charge >= 0.3 is 0 Å². The second-order valence-corrected chi connectivity index (χ2v) is 7.08. The number of amides is 2. The van der Waals surface area contributed by atoms with Crippen LogP contribution in [0.1, 0.15) is 37.9 Å². The molecule has 0 aliphatic rings. The van der Waals surface area contributed by atoms with E-state index in [1.165, 1.54) is 6.26 Å². The lowest BCUT2D eigenvalue weighted by Crippen LogP contribution is -2.13. The van der Waals surface area contributed by atoms with Gasteiger partial charge in [0.15, 0.2) is 5.76 Å². The number of rotatable bonds is 7. The maximum atomic E-state index is 12.7. The van der Waals surface area contributed by atoms with Gasteiger partial charge in [0, 0.05) is 16.9 Å². The fraction of sp³-hybridized carbons (Fsp3) is 0.125. The first-order valence-electron chi connectivity index (χ1n) is 9.90. The molecule has 2 aromatic heterocycles. The van der Waals surface area contributed by atoms with E-state index >= 15 is 0 Å². The largest absolute Gasteiger partial charge is 0.489 e. The highest BCUT2D eigenvalue weighted by molar-refractivity contribution is 6.05. The molecule has 8 heteroatoms. The molecule has 0 saturated heterocycles. The van der Waals surface area contributed by atoms with Crippen molar-refractivity contribution in [3.63, 3.8) is 0 Å². The number of benzene rings is 2. The number of ether oxygens (including phenoxy) is 1. The minimum atomic E-state index is -0.347. The molecule has 4 aromatic rings. The molecule has 0 unspecified atom stereocenters. The predicted octanol–water partition coefficient (Wildman–Crippen LogP) is 4.97. The van der Waals surface area contributed by atoms with Crippen molar-refractivity contribution >= 4 is 23.2 Å². The number of furan rings is 1. The second-order valence-electron chi connectivity index (χ2n) is 7.08. The highest BCUT2D eigenvalue weighted by atomic mass is 16.5. The molecule has 0 bridgehead atoms. The van der Waals surface area contributed by atoms with Gasteiger partial charge in [0.2, 0.25) is 0 Å². The summed E-state index contributed by atoms with van der Waals surface area (Å²) in [4.78, 5) is 24.7. The average Bonchev–Trinajstić information content (AvgIpc) is 3.44. The van der Waals surface area contributed by atoms with Crippen LogP contribution in [-0.2, 0) is 6.61 Å². The summed E-state index contributed by atoms with van der Waals surface area (Å²) in [5.74, 6) is 0.869. The third-order valence-corrected chi connectivity index (χ3v) is 4.81. The van der Waals surface area contributed by atoms with Crippen LogP contribution in [0.5, 0.6) is 5.75 Å². The number of nitrogens with one attached hydrogen (secondary N) is 2. The fourth-order valence-electron chi connectivity index (χ4n) is 3.03. The van der Waals surface area contributed by atoms with Crippen LogP contribution in [0.15, 0.2) is 75.9 Å². The van der Waals surface area contributed by atoms with Crippen molar-refractivity contribution in [3.8, 4) is 5.75 Å². The Bertz CT molecular complexity index is 1210. The molecule has 4 rings (SSSR count). The monoisotopic (exact) mass is 431 g/mol. The smallest absolute Gasteiger partial charge is 0.291 e. The Morgan fingerprint density at radius 3 is 2.28 bits per heavy atom. The summed E-state index contributed by atoms with van der Waals surface area (Å²) in [5.41, 5.74) is 3.29. The quantitative estimate of drug-likeness (QED) is 0.428. The van der Waals surface area contributed by atoms with Gasteiger partial charge in [0.25, 0.3) is 11.8 Å². The van der Waals surface area contributed by atoms with Crippen LogP contribution in [0.4, 0.5) is 11.4 Å². The summed E-state index contributed by atoms with van der Waals surface area (Å²) in [7, 11) is 0. The van der Waals surface area contributed by atoms with Crippen molar-refractivity contribution in [3.05, 3.63) is 95.3 Å². The van der Waals surface area contributed by atoms with E-state index in [1.807, 2.05) is 13.8 Å². The van der Waals surface area contributed by atoms with Gasteiger partial charge < -0.3 is 24.3 Å². The molecule has 0 spiro atoms. The molecule has 8 nitrogen and oxygen atoms in total. The van der Waals surface area contributed by atoms with Gasteiger partial charge in [-0.05, 0) is 68.4 Å². The summed E-state index contributed by atoms with van der Waals surface area (Å²) < 4.78 is 16.0. The Morgan fingerprint density at radius 2 is 1.66 bits per heavy atom. The molecule has 2 heterocycles. The summed E-state index contributed by atoms with van der Waals surface area (Å²) in [6.45, 7) is 3.99. The zero-order valence-corrected chi connectivity index (χ0v) is 17.5. The first-order valence-corrected chi connectivity index (χ1v) is 9.90. The Balaban J connectivity index is 1.36. The average molecular weight is 431 g/mol. The van der Waals surface area contributed by atoms with Crippen LogP contribution in [0.3, 0.4) is 0 Å². The van der Waals surface area contributed by atoms with E-state index < -0.39 is 0 Å². The number of aromatic nitrogens is 1. The lowest BCUT2D eigenvalue weighted by molar-refractivity contribution is 0.0994. The van der Waals surface area contributed by atoms with Crippen molar-refractivity contribution in [1.82, 2.24) is 5.16 Å². The first kappa shape index (κ1) is 20.9. The zero-order valence-electron chi connectivity index (χ0n) is 17.5. The van der Waals surface area contributed by atoms with E-state index in [9.17, 15) is 9.59 Å². The van der Waals surface area contributed by atoms with Gasteiger partial charge in [-0.2, -0.15) is 0 Å². The summed E-state index contributed by atoms with van der Waals surface area (Å²) in [5, 5.41) is 9.46. The van der Waals surface area contributed by atoms with Crippen LogP contribution in [0.25, 0.3) is 0 Å². The molecular weight excluding hydrogens is 410 g/mol. The van der Waals surface area contributed by atoms with Gasteiger partial charge in [-0.25, -0.2) is 0 Å². The van der Waals surface area contributed by atoms with E-state index in [2.05, 4.69) is 15.8 Å². The Hall–Kier alpha value is -4.33. The minimum Gasteiger partial charge on any atom is -0.489 e. The van der Waals surface area contributed by atoms with Crippen LogP contribution >= 0.6 is 0 Å². The number of carbonyl (C=O) groups excluding carboxylic acids is 2. The zero-order chi connectivity index (χ0) is 22.5. The highest BCUT2D eigenvalue weighted by Gasteiger charge is 2.12. The van der Waals surface area contributed by atoms with E-state index in [-0.39, 0.29) is 17.6 Å². The Labute approximate surface area is 184 Å². The van der Waals surface area contributed by atoms with Gasteiger partial charge in [-0.1, -0.05) is 11.2 Å². The molecule has 32 heavy (non-hydrogen) atoms. The molecular formula is C24H21N3O5. The van der Waals surface area contributed by atoms with Crippen LogP contribution < -0.4 is 15.4 Å². The Kier molecular flexibility index (Phi) is 6.03. The van der Waals surface area contributed by atoms with Crippen molar-refractivity contribution in [2.75, 3.05) is 10.6 Å². The van der Waals surface area contributed by atoms with Gasteiger partial charge in [0.05, 0.1) is 17.5 Å². The molecule has 0 radical (unpaired) electrons. The minimum absolute atomic E-state index is 0.221. The van der Waals surface area contributed by atoms with E-state index in [0.717, 1.165) is 11.3 Å². The van der Waals surface area contributed by atoms with Crippen LogP contribution in [0.2, 0.25) is 0 Å². The SMILES string of the molecule is Cc1noc(C)c1COc1cccc(C(=O)Nc2ccc(NC(=O)c3ccco3)cc2)c1. The fourth-order valence-corrected chi connectivity index (χ4v) is 3.03. The first-order chi connectivity index (χ1) is 15.5. The van der Waals surface area contributed by atoms with Crippen molar-refractivity contribution in [1.29, 1.82) is 0 Å². The highest BCUT2D eigenvalue weighted by Crippen LogP contribution is 2.20. The van der Waals surface area contributed by atoms with E-state index in [4.69, 9.17) is 13.7 Å². The molecule has 162 valence electrons. The van der Waals surface area contributed by atoms with E-state index in [1.54, 1.807) is 60.7 Å². The Morgan fingerprint density at radius 1 is 0.938 bits per heavy atom. The van der Waals surface area contributed by atoms with Crippen LogP contribution in [-0.4, -0.2) is 17.0 Å². The molecule has 2 aromatic carbocycles. The van der Waals surface area contributed by atoms with Gasteiger partial charge in [-0.15, -0.1) is 0 Å². The van der Waals surface area contributed by atoms with Crippen LogP contribution in [0, 0.1) is 13.8 Å². The van der Waals surface area contributed by atoms with E-state index in [0.29, 0.717) is 35.1 Å². The van der Waals surface area contributed by atoms with Crippen molar-refractivity contribution in [2.45, 2.75) is 20.5 Å². The molecule has 0 aliphatic carbocycles. The molecule has 0 saturated carbocycles. The number of hydrogen-bond acceptors (Lipinski definition) is 6. The number of hydrogen-bond donors (Lipinski definition) is 2. The summed E-state index contributed by atoms with van der Waals surface area (Å²) in [6.07, 6.45) is 1.43. The summed E-state index contributed by atoms with van der Waals surface area (Å²) in [6, 6.07) is 16.9. The predicted molar refractivity (Wildman–Crippen MR) is 118 cm³/mol. The number of anilines is 2. The number of aryl methyl sites for hydroxylation is 2. The van der Waals surface area contributed by atoms with Gasteiger partial charge in [0.1, 0.15) is 18.1 Å². The topological polar surface area (TPSA) is 107 Å². The van der Waals surface area contributed by atoms with Gasteiger partial charge in [-0.3, -0.25) is 9.59 Å². The molecule has 0 aliphatic heterocycles. The van der Waals surface area contributed by atoms with Crippen molar-refractivity contribution < 1.29 is 23.3 Å². The number of carbonyl (C=O) groups is 2. The maximum absolute atomic E-state index is 12.7. The lowest BCUT2D eigenvalue weighted by atomic mass is 10.2. The van der Waals surface area contributed by atoms with Crippen molar-refractivity contribution in [2.24, 2.45) is 0 Å². The third kappa shape index (κ3) is 4.86. The summed E-state index contributed by atoms with van der Waals surface area (Å²) >= 11 is 0. The normalized spacial score (nSPS) is 10.6. The maximum Gasteiger partial charge on any atom is 0.291 e. The molecule has 2 N–H and O–H groups in total. The second kappa shape index (κ2) is 9.22. The molecule has 0 atom stereocenters.